The van der Waals surface area contributed by atoms with Crippen LogP contribution in [0.15, 0.2) is 40.9 Å². The first-order chi connectivity index (χ1) is 14.0. The Bertz CT molecular complexity index is 1060. The maximum atomic E-state index is 14.3. The van der Waals surface area contributed by atoms with E-state index in [1.54, 1.807) is 13.0 Å². The molecule has 0 fully saturated rings. The lowest BCUT2D eigenvalue weighted by Crippen LogP contribution is -2.26. The molecule has 29 heavy (non-hydrogen) atoms. The second-order valence-corrected chi connectivity index (χ2v) is 7.64. The Balaban J connectivity index is 1.57. The van der Waals surface area contributed by atoms with E-state index >= 15 is 0 Å². The maximum absolute atomic E-state index is 14.3. The largest absolute Gasteiger partial charge is 0.374 e. The smallest absolute Gasteiger partial charge is 0.257 e. The highest BCUT2D eigenvalue weighted by molar-refractivity contribution is 6.33. The predicted octanol–water partition coefficient (Wildman–Crippen LogP) is 4.75. The zero-order valence-corrected chi connectivity index (χ0v) is 17.0. The highest BCUT2D eigenvalue weighted by Crippen LogP contribution is 2.33. The summed E-state index contributed by atoms with van der Waals surface area (Å²) in [5.74, 6) is -0.629. The molecule has 0 spiro atoms. The molecule has 2 heterocycles. The van der Waals surface area contributed by atoms with Crippen LogP contribution in [0.4, 0.5) is 10.1 Å². The van der Waals surface area contributed by atoms with Crippen molar-refractivity contribution in [2.75, 3.05) is 18.5 Å². The third kappa shape index (κ3) is 3.72. The van der Waals surface area contributed by atoms with Gasteiger partial charge in [0.15, 0.2) is 0 Å². The fourth-order valence-corrected chi connectivity index (χ4v) is 4.01. The zero-order valence-electron chi connectivity index (χ0n) is 16.3. The molecule has 1 aliphatic rings. The van der Waals surface area contributed by atoms with Gasteiger partial charge < -0.3 is 14.7 Å². The topological polar surface area (TPSA) is 58.4 Å². The third-order valence-electron chi connectivity index (χ3n) is 5.24. The summed E-state index contributed by atoms with van der Waals surface area (Å²) < 4.78 is 19.5. The van der Waals surface area contributed by atoms with Gasteiger partial charge in [0.1, 0.15) is 22.8 Å². The number of hydrogen-bond acceptors (Lipinski definition) is 4. The molecule has 1 N–H and O–H groups in total. The van der Waals surface area contributed by atoms with Crippen molar-refractivity contribution in [2.24, 2.45) is 0 Å². The monoisotopic (exact) mass is 413 g/mol. The standard InChI is InChI=1S/C22H21ClFN3O2/c1-13-19(21(26-29-13)20-16(23)6-3-7-17(20)24)22(28)25-12-14-8-9-18-15(11-14)5-4-10-27(18)2/h3,6-9,11H,4-5,10,12H2,1-2H3,(H,25,28). The van der Waals surface area contributed by atoms with Crippen molar-refractivity contribution >= 4 is 23.2 Å². The Kier molecular flexibility index (Phi) is 5.28. The number of halogens is 2. The van der Waals surface area contributed by atoms with E-state index in [2.05, 4.69) is 34.6 Å². The van der Waals surface area contributed by atoms with Crippen LogP contribution in [-0.4, -0.2) is 24.7 Å². The third-order valence-corrected chi connectivity index (χ3v) is 5.55. The number of fused-ring (bicyclic) bond motifs is 1. The fourth-order valence-electron chi connectivity index (χ4n) is 3.75. The number of aryl methyl sites for hydroxylation is 2. The molecule has 1 aromatic heterocycles. The molecule has 0 radical (unpaired) electrons. The molecule has 150 valence electrons. The molecule has 0 saturated carbocycles. The van der Waals surface area contributed by atoms with Gasteiger partial charge in [0.25, 0.3) is 5.91 Å². The van der Waals surface area contributed by atoms with E-state index in [1.807, 2.05) is 6.07 Å². The Morgan fingerprint density at radius 2 is 2.17 bits per heavy atom. The summed E-state index contributed by atoms with van der Waals surface area (Å²) in [5.41, 5.74) is 3.88. The van der Waals surface area contributed by atoms with Crippen molar-refractivity contribution in [2.45, 2.75) is 26.3 Å². The molecule has 1 amide bonds. The summed E-state index contributed by atoms with van der Waals surface area (Å²) in [6.45, 7) is 3.02. The van der Waals surface area contributed by atoms with Gasteiger partial charge in [-0.1, -0.05) is 35.0 Å². The van der Waals surface area contributed by atoms with Gasteiger partial charge in [0.05, 0.1) is 10.6 Å². The van der Waals surface area contributed by atoms with Crippen LogP contribution in [0.1, 0.15) is 33.7 Å². The first-order valence-electron chi connectivity index (χ1n) is 9.47. The van der Waals surface area contributed by atoms with Crippen molar-refractivity contribution in [1.29, 1.82) is 0 Å². The van der Waals surface area contributed by atoms with Gasteiger partial charge >= 0.3 is 0 Å². The number of nitrogens with one attached hydrogen (secondary N) is 1. The van der Waals surface area contributed by atoms with E-state index in [4.69, 9.17) is 16.1 Å². The van der Waals surface area contributed by atoms with E-state index in [0.29, 0.717) is 12.3 Å². The zero-order chi connectivity index (χ0) is 20.5. The number of carbonyl (C=O) groups is 1. The highest BCUT2D eigenvalue weighted by Gasteiger charge is 2.25. The molecule has 2 aromatic carbocycles. The van der Waals surface area contributed by atoms with E-state index in [0.717, 1.165) is 24.9 Å². The quantitative estimate of drug-likeness (QED) is 0.670. The number of nitrogens with zero attached hydrogens (tertiary/aromatic N) is 2. The molecule has 0 atom stereocenters. The Labute approximate surface area is 173 Å². The van der Waals surface area contributed by atoms with E-state index in [-0.39, 0.29) is 27.8 Å². The van der Waals surface area contributed by atoms with Gasteiger partial charge in [-0.25, -0.2) is 4.39 Å². The van der Waals surface area contributed by atoms with E-state index < -0.39 is 5.82 Å². The van der Waals surface area contributed by atoms with E-state index in [9.17, 15) is 9.18 Å². The lowest BCUT2D eigenvalue weighted by molar-refractivity contribution is 0.0950. The summed E-state index contributed by atoms with van der Waals surface area (Å²) >= 11 is 6.14. The molecule has 3 aromatic rings. The van der Waals surface area contributed by atoms with E-state index in [1.165, 1.54) is 23.4 Å². The van der Waals surface area contributed by atoms with Gasteiger partial charge in [-0.2, -0.15) is 0 Å². The van der Waals surface area contributed by atoms with Crippen molar-refractivity contribution in [1.82, 2.24) is 10.5 Å². The lowest BCUT2D eigenvalue weighted by Gasteiger charge is -2.27. The molecule has 0 aliphatic carbocycles. The van der Waals surface area contributed by atoms with Crippen LogP contribution in [0.5, 0.6) is 0 Å². The Morgan fingerprint density at radius 3 is 2.97 bits per heavy atom. The SMILES string of the molecule is Cc1onc(-c2c(F)cccc2Cl)c1C(=O)NCc1ccc2c(c1)CCCN2C. The molecule has 0 saturated heterocycles. The van der Waals surface area contributed by atoms with Crippen molar-refractivity contribution in [3.8, 4) is 11.3 Å². The van der Waals surface area contributed by atoms with Gasteiger partial charge in [-0.05, 0) is 49.1 Å². The van der Waals surface area contributed by atoms with Crippen LogP contribution in [0.25, 0.3) is 11.3 Å². The van der Waals surface area contributed by atoms with Crippen LogP contribution in [0, 0.1) is 12.7 Å². The molecule has 7 heteroatoms. The molecular weight excluding hydrogens is 393 g/mol. The average Bonchev–Trinajstić information content (AvgIpc) is 3.07. The van der Waals surface area contributed by atoms with Crippen molar-refractivity contribution < 1.29 is 13.7 Å². The van der Waals surface area contributed by atoms with Crippen LogP contribution < -0.4 is 10.2 Å². The second kappa shape index (κ2) is 7.87. The number of carbonyl (C=O) groups excluding carboxylic acids is 1. The minimum atomic E-state index is -0.557. The number of rotatable bonds is 4. The van der Waals surface area contributed by atoms with Crippen LogP contribution in [-0.2, 0) is 13.0 Å². The summed E-state index contributed by atoms with van der Waals surface area (Å²) in [5, 5.41) is 6.95. The first kappa shape index (κ1) is 19.5. The Hall–Kier alpha value is -2.86. The summed E-state index contributed by atoms with van der Waals surface area (Å²) in [7, 11) is 2.09. The van der Waals surface area contributed by atoms with Crippen LogP contribution >= 0.6 is 11.6 Å². The predicted molar refractivity (Wildman–Crippen MR) is 111 cm³/mol. The molecule has 1 aliphatic heterocycles. The van der Waals surface area contributed by atoms with Gasteiger partial charge in [0.2, 0.25) is 0 Å². The number of anilines is 1. The molecule has 0 unspecified atom stereocenters. The first-order valence-corrected chi connectivity index (χ1v) is 9.85. The van der Waals surface area contributed by atoms with Crippen LogP contribution in [0.2, 0.25) is 5.02 Å². The maximum Gasteiger partial charge on any atom is 0.257 e. The normalized spacial score (nSPS) is 13.3. The molecular formula is C22H21ClFN3O2. The minimum absolute atomic E-state index is 0.0629. The summed E-state index contributed by atoms with van der Waals surface area (Å²) in [6, 6.07) is 10.6. The number of hydrogen-bond donors (Lipinski definition) is 1. The van der Waals surface area contributed by atoms with Gasteiger partial charge in [-0.3, -0.25) is 4.79 Å². The highest BCUT2D eigenvalue weighted by atomic mass is 35.5. The second-order valence-electron chi connectivity index (χ2n) is 7.23. The fraction of sp³-hybridized carbons (Fsp3) is 0.273. The van der Waals surface area contributed by atoms with Gasteiger partial charge in [0, 0.05) is 25.8 Å². The summed E-state index contributed by atoms with van der Waals surface area (Å²) in [6.07, 6.45) is 2.15. The minimum Gasteiger partial charge on any atom is -0.374 e. The van der Waals surface area contributed by atoms with Crippen molar-refractivity contribution in [3.05, 3.63) is 69.7 Å². The summed E-state index contributed by atoms with van der Waals surface area (Å²) in [4.78, 5) is 15.1. The molecule has 0 bridgehead atoms. The number of amides is 1. The molecule has 5 nitrogen and oxygen atoms in total. The molecule has 4 rings (SSSR count). The van der Waals surface area contributed by atoms with Crippen LogP contribution in [0.3, 0.4) is 0 Å². The Morgan fingerprint density at radius 1 is 1.34 bits per heavy atom. The van der Waals surface area contributed by atoms with Gasteiger partial charge in [-0.15, -0.1) is 0 Å². The average molecular weight is 414 g/mol. The lowest BCUT2D eigenvalue weighted by atomic mass is 9.99. The number of aromatic nitrogens is 1. The van der Waals surface area contributed by atoms with Crippen molar-refractivity contribution in [3.63, 3.8) is 0 Å². The number of benzene rings is 2.